The van der Waals surface area contributed by atoms with Crippen LogP contribution in [0.15, 0.2) is 22.9 Å². The monoisotopic (exact) mass is 272 g/mol. The summed E-state index contributed by atoms with van der Waals surface area (Å²) in [5.41, 5.74) is 4.87. The normalized spacial score (nSPS) is 13.5. The molecule has 0 aliphatic carbocycles. The highest BCUT2D eigenvalue weighted by molar-refractivity contribution is 5.54. The van der Waals surface area contributed by atoms with Crippen molar-refractivity contribution >= 4 is 0 Å². The number of hydrogen-bond donors (Lipinski definition) is 1. The van der Waals surface area contributed by atoms with Gasteiger partial charge < -0.3 is 10.3 Å². The first kappa shape index (κ1) is 13.5. The van der Waals surface area contributed by atoms with Gasteiger partial charge in [-0.2, -0.15) is 18.2 Å². The van der Waals surface area contributed by atoms with Gasteiger partial charge in [0.2, 0.25) is 11.7 Å². The molecule has 0 saturated heterocycles. The lowest BCUT2D eigenvalue weighted by atomic mass is 10.2. The van der Waals surface area contributed by atoms with Gasteiger partial charge >= 0.3 is 6.18 Å². The Labute approximate surface area is 106 Å². The smallest absolute Gasteiger partial charge is 0.337 e. The number of halogens is 3. The maximum absolute atomic E-state index is 12.5. The third kappa shape index (κ3) is 2.90. The molecule has 2 aromatic heterocycles. The molecule has 0 amide bonds. The average Bonchev–Trinajstić information content (AvgIpc) is 2.86. The van der Waals surface area contributed by atoms with E-state index in [0.29, 0.717) is 6.42 Å². The quantitative estimate of drug-likeness (QED) is 0.929. The minimum Gasteiger partial charge on any atom is -0.337 e. The molecule has 2 rings (SSSR count). The third-order valence-corrected chi connectivity index (χ3v) is 2.51. The van der Waals surface area contributed by atoms with Gasteiger partial charge in [-0.05, 0) is 18.6 Å². The zero-order valence-electron chi connectivity index (χ0n) is 9.98. The van der Waals surface area contributed by atoms with Crippen LogP contribution in [-0.2, 0) is 6.18 Å². The first-order valence-electron chi connectivity index (χ1n) is 5.54. The highest BCUT2D eigenvalue weighted by Crippen LogP contribution is 2.29. The molecule has 0 radical (unpaired) electrons. The van der Waals surface area contributed by atoms with Gasteiger partial charge in [0.25, 0.3) is 0 Å². The van der Waals surface area contributed by atoms with Crippen LogP contribution in [0.5, 0.6) is 0 Å². The summed E-state index contributed by atoms with van der Waals surface area (Å²) in [6.07, 6.45) is -2.87. The Balaban J connectivity index is 2.34. The average molecular weight is 272 g/mol. The molecule has 0 fully saturated rings. The Morgan fingerprint density at radius 3 is 2.79 bits per heavy atom. The molecular weight excluding hydrogens is 261 g/mol. The van der Waals surface area contributed by atoms with Gasteiger partial charge in [0.05, 0.1) is 6.04 Å². The Morgan fingerprint density at radius 1 is 1.42 bits per heavy atom. The molecule has 19 heavy (non-hydrogen) atoms. The largest absolute Gasteiger partial charge is 0.433 e. The summed E-state index contributed by atoms with van der Waals surface area (Å²) in [6, 6.07) is 1.82. The molecule has 0 spiro atoms. The van der Waals surface area contributed by atoms with Gasteiger partial charge in [-0.3, -0.25) is 4.98 Å². The minimum atomic E-state index is -4.51. The molecule has 2 heterocycles. The second kappa shape index (κ2) is 4.96. The molecule has 0 bridgehead atoms. The van der Waals surface area contributed by atoms with E-state index in [4.69, 9.17) is 10.3 Å². The van der Waals surface area contributed by atoms with Crippen LogP contribution in [-0.4, -0.2) is 15.1 Å². The van der Waals surface area contributed by atoms with Crippen molar-refractivity contribution in [1.29, 1.82) is 0 Å². The summed E-state index contributed by atoms with van der Waals surface area (Å²) in [5.74, 6) is 0.259. The van der Waals surface area contributed by atoms with E-state index < -0.39 is 17.9 Å². The van der Waals surface area contributed by atoms with Gasteiger partial charge in [-0.25, -0.2) is 0 Å². The van der Waals surface area contributed by atoms with Crippen LogP contribution >= 0.6 is 0 Å². The van der Waals surface area contributed by atoms with Gasteiger partial charge in [0.15, 0.2) is 0 Å². The zero-order valence-corrected chi connectivity index (χ0v) is 9.98. The van der Waals surface area contributed by atoms with Crippen LogP contribution < -0.4 is 5.73 Å². The van der Waals surface area contributed by atoms with Crippen LogP contribution in [0.2, 0.25) is 0 Å². The van der Waals surface area contributed by atoms with E-state index in [-0.39, 0.29) is 17.3 Å². The van der Waals surface area contributed by atoms with Crippen molar-refractivity contribution < 1.29 is 17.7 Å². The van der Waals surface area contributed by atoms with Crippen LogP contribution in [0.3, 0.4) is 0 Å². The summed E-state index contributed by atoms with van der Waals surface area (Å²) in [7, 11) is 0. The standard InChI is InChI=1S/C11H11F3N4O/c1-2-7(15)10-17-9(18-19-10)6-3-4-16-8(5-6)11(12,13)14/h3-5,7H,2,15H2,1H3. The first-order valence-corrected chi connectivity index (χ1v) is 5.54. The molecule has 0 saturated carbocycles. The minimum absolute atomic E-state index is 0.0619. The highest BCUT2D eigenvalue weighted by Gasteiger charge is 2.32. The molecular formula is C11H11F3N4O. The predicted molar refractivity (Wildman–Crippen MR) is 59.8 cm³/mol. The summed E-state index contributed by atoms with van der Waals surface area (Å²) >= 11 is 0. The van der Waals surface area contributed by atoms with Crippen molar-refractivity contribution in [2.45, 2.75) is 25.6 Å². The van der Waals surface area contributed by atoms with E-state index in [1.54, 1.807) is 0 Å². The molecule has 2 aromatic rings. The summed E-state index contributed by atoms with van der Waals surface area (Å²) in [4.78, 5) is 7.23. The molecule has 102 valence electrons. The fourth-order valence-corrected chi connectivity index (χ4v) is 1.40. The summed E-state index contributed by atoms with van der Waals surface area (Å²) in [5, 5.41) is 3.62. The topological polar surface area (TPSA) is 77.8 Å². The lowest BCUT2D eigenvalue weighted by molar-refractivity contribution is -0.141. The number of hydrogen-bond acceptors (Lipinski definition) is 5. The van der Waals surface area contributed by atoms with E-state index in [2.05, 4.69) is 15.1 Å². The van der Waals surface area contributed by atoms with Crippen molar-refractivity contribution in [3.63, 3.8) is 0 Å². The van der Waals surface area contributed by atoms with E-state index >= 15 is 0 Å². The van der Waals surface area contributed by atoms with Crippen LogP contribution in [0.25, 0.3) is 11.4 Å². The first-order chi connectivity index (χ1) is 8.91. The second-order valence-corrected chi connectivity index (χ2v) is 3.90. The maximum Gasteiger partial charge on any atom is 0.433 e. The Hall–Kier alpha value is -1.96. The second-order valence-electron chi connectivity index (χ2n) is 3.90. The SMILES string of the molecule is CCC(N)c1nc(-c2ccnc(C(F)(F)F)c2)no1. The Bertz CT molecular complexity index is 567. The van der Waals surface area contributed by atoms with E-state index in [1.807, 2.05) is 6.92 Å². The molecule has 0 aromatic carbocycles. The molecule has 0 aliphatic rings. The summed E-state index contributed by atoms with van der Waals surface area (Å²) < 4.78 is 42.5. The molecule has 0 aliphatic heterocycles. The molecule has 1 unspecified atom stereocenters. The Kier molecular flexibility index (Phi) is 3.52. The lowest BCUT2D eigenvalue weighted by Gasteiger charge is -2.05. The van der Waals surface area contributed by atoms with Crippen LogP contribution in [0.1, 0.15) is 31.0 Å². The van der Waals surface area contributed by atoms with Crippen molar-refractivity contribution in [2.24, 2.45) is 5.73 Å². The molecule has 1 atom stereocenters. The van der Waals surface area contributed by atoms with E-state index in [9.17, 15) is 13.2 Å². The van der Waals surface area contributed by atoms with Crippen LogP contribution in [0.4, 0.5) is 13.2 Å². The summed E-state index contributed by atoms with van der Waals surface area (Å²) in [6.45, 7) is 1.84. The molecule has 2 N–H and O–H groups in total. The number of pyridine rings is 1. The number of aromatic nitrogens is 3. The Morgan fingerprint density at radius 2 is 2.16 bits per heavy atom. The van der Waals surface area contributed by atoms with Crippen molar-refractivity contribution in [3.8, 4) is 11.4 Å². The third-order valence-electron chi connectivity index (χ3n) is 2.51. The predicted octanol–water partition coefficient (Wildman–Crippen LogP) is 2.56. The van der Waals surface area contributed by atoms with Gasteiger partial charge in [-0.1, -0.05) is 12.1 Å². The zero-order chi connectivity index (χ0) is 14.0. The van der Waals surface area contributed by atoms with Crippen LogP contribution in [0, 0.1) is 0 Å². The number of nitrogens with zero attached hydrogens (tertiary/aromatic N) is 3. The van der Waals surface area contributed by atoms with E-state index in [1.165, 1.54) is 6.07 Å². The molecule has 8 heteroatoms. The van der Waals surface area contributed by atoms with Gasteiger partial charge in [-0.15, -0.1) is 0 Å². The van der Waals surface area contributed by atoms with Crippen molar-refractivity contribution in [2.75, 3.05) is 0 Å². The van der Waals surface area contributed by atoms with Crippen molar-refractivity contribution in [3.05, 3.63) is 29.9 Å². The highest BCUT2D eigenvalue weighted by atomic mass is 19.4. The lowest BCUT2D eigenvalue weighted by Crippen LogP contribution is -2.09. The number of rotatable bonds is 3. The fourth-order valence-electron chi connectivity index (χ4n) is 1.40. The maximum atomic E-state index is 12.5. The van der Waals surface area contributed by atoms with Gasteiger partial charge in [0.1, 0.15) is 5.69 Å². The number of alkyl halides is 3. The van der Waals surface area contributed by atoms with Gasteiger partial charge in [0, 0.05) is 11.8 Å². The fraction of sp³-hybridized carbons (Fsp3) is 0.364. The van der Waals surface area contributed by atoms with Crippen molar-refractivity contribution in [1.82, 2.24) is 15.1 Å². The number of nitrogens with two attached hydrogens (primary N) is 1. The van der Waals surface area contributed by atoms with E-state index in [0.717, 1.165) is 12.3 Å². The molecule has 5 nitrogen and oxygen atoms in total.